The van der Waals surface area contributed by atoms with E-state index in [-0.39, 0.29) is 24.0 Å². The van der Waals surface area contributed by atoms with E-state index < -0.39 is 0 Å². The molecule has 3 saturated heterocycles. The second-order valence-corrected chi connectivity index (χ2v) is 7.40. The van der Waals surface area contributed by atoms with Gasteiger partial charge in [0.15, 0.2) is 0 Å². The lowest BCUT2D eigenvalue weighted by Gasteiger charge is -2.41. The van der Waals surface area contributed by atoms with Crippen molar-refractivity contribution in [3.05, 3.63) is 0 Å². The van der Waals surface area contributed by atoms with Gasteiger partial charge in [-0.3, -0.25) is 9.69 Å². The second-order valence-electron chi connectivity index (χ2n) is 7.40. The highest BCUT2D eigenvalue weighted by Crippen LogP contribution is 2.32. The molecular formula is C17H27N3O2. The van der Waals surface area contributed by atoms with E-state index in [0.29, 0.717) is 0 Å². The van der Waals surface area contributed by atoms with E-state index in [0.717, 1.165) is 51.4 Å². The molecule has 0 radical (unpaired) electrons. The third-order valence-electron chi connectivity index (χ3n) is 6.18. The first-order valence-electron chi connectivity index (χ1n) is 9.13. The standard InChI is InChI=1S/C17H27N3O2/c21-16-15-7-4-10-19(15)17(22)20(16)14-8-11-18(12-9-14)13-5-2-1-3-6-13/h13-15H,1-12H2/t15-/m0/s1. The van der Waals surface area contributed by atoms with Gasteiger partial charge >= 0.3 is 6.03 Å². The number of carbonyl (C=O) groups is 2. The van der Waals surface area contributed by atoms with Gasteiger partial charge in [-0.1, -0.05) is 19.3 Å². The first-order valence-corrected chi connectivity index (χ1v) is 9.13. The van der Waals surface area contributed by atoms with Gasteiger partial charge in [-0.25, -0.2) is 4.79 Å². The molecule has 0 aromatic heterocycles. The third kappa shape index (κ3) is 2.34. The SMILES string of the molecule is O=C1[C@@H]2CCCN2C(=O)N1C1CCN(C2CCCCC2)CC1. The fourth-order valence-corrected chi connectivity index (χ4v) is 4.94. The summed E-state index contributed by atoms with van der Waals surface area (Å²) >= 11 is 0. The minimum Gasteiger partial charge on any atom is -0.312 e. The van der Waals surface area contributed by atoms with Gasteiger partial charge in [-0.15, -0.1) is 0 Å². The number of hydrogen-bond acceptors (Lipinski definition) is 3. The highest BCUT2D eigenvalue weighted by molar-refractivity contribution is 6.04. The molecule has 0 aromatic rings. The van der Waals surface area contributed by atoms with Gasteiger partial charge in [0.2, 0.25) is 0 Å². The van der Waals surface area contributed by atoms with Crippen molar-refractivity contribution in [2.24, 2.45) is 0 Å². The molecule has 122 valence electrons. The molecule has 4 rings (SSSR count). The zero-order valence-corrected chi connectivity index (χ0v) is 13.4. The summed E-state index contributed by atoms with van der Waals surface area (Å²) in [6, 6.07) is 0.751. The largest absolute Gasteiger partial charge is 0.327 e. The number of likely N-dealkylation sites (tertiary alicyclic amines) is 1. The van der Waals surface area contributed by atoms with Gasteiger partial charge in [0.05, 0.1) is 0 Å². The number of fused-ring (bicyclic) bond motifs is 1. The van der Waals surface area contributed by atoms with Crippen LogP contribution in [0.25, 0.3) is 0 Å². The molecule has 4 fully saturated rings. The Bertz CT molecular complexity index is 431. The van der Waals surface area contributed by atoms with Crippen LogP contribution in [-0.4, -0.2) is 64.4 Å². The number of piperidine rings is 1. The molecule has 0 aromatic carbocycles. The molecule has 0 spiro atoms. The lowest BCUT2D eigenvalue weighted by molar-refractivity contribution is -0.130. The van der Waals surface area contributed by atoms with Crippen molar-refractivity contribution in [3.8, 4) is 0 Å². The Kier molecular flexibility index (Phi) is 3.84. The smallest absolute Gasteiger partial charge is 0.312 e. The van der Waals surface area contributed by atoms with Crippen molar-refractivity contribution in [2.75, 3.05) is 19.6 Å². The van der Waals surface area contributed by atoms with Crippen LogP contribution in [0.2, 0.25) is 0 Å². The van der Waals surface area contributed by atoms with Crippen molar-refractivity contribution >= 4 is 11.9 Å². The van der Waals surface area contributed by atoms with Gasteiger partial charge in [0.1, 0.15) is 6.04 Å². The van der Waals surface area contributed by atoms with Crippen LogP contribution in [0.1, 0.15) is 57.8 Å². The maximum atomic E-state index is 12.5. The number of nitrogens with zero attached hydrogens (tertiary/aromatic N) is 3. The van der Waals surface area contributed by atoms with Gasteiger partial charge in [0, 0.05) is 31.7 Å². The Morgan fingerprint density at radius 3 is 2.14 bits per heavy atom. The minimum absolute atomic E-state index is 0.0105. The van der Waals surface area contributed by atoms with Gasteiger partial charge in [-0.2, -0.15) is 0 Å². The van der Waals surface area contributed by atoms with Crippen LogP contribution in [0.5, 0.6) is 0 Å². The summed E-state index contributed by atoms with van der Waals surface area (Å²) in [6.45, 7) is 2.88. The summed E-state index contributed by atoms with van der Waals surface area (Å²) in [4.78, 5) is 31.1. The molecule has 5 heteroatoms. The number of carbonyl (C=O) groups excluding carboxylic acids is 2. The van der Waals surface area contributed by atoms with Crippen LogP contribution in [-0.2, 0) is 4.79 Å². The Morgan fingerprint density at radius 1 is 0.727 bits per heavy atom. The summed E-state index contributed by atoms with van der Waals surface area (Å²) in [7, 11) is 0. The first-order chi connectivity index (χ1) is 10.8. The van der Waals surface area contributed by atoms with Crippen molar-refractivity contribution in [2.45, 2.75) is 75.9 Å². The number of hydrogen-bond donors (Lipinski definition) is 0. The van der Waals surface area contributed by atoms with Crippen LogP contribution < -0.4 is 0 Å². The summed E-state index contributed by atoms with van der Waals surface area (Å²) in [5, 5.41) is 0. The lowest BCUT2D eigenvalue weighted by atomic mass is 9.92. The molecule has 3 amide bonds. The van der Waals surface area contributed by atoms with E-state index in [4.69, 9.17) is 0 Å². The number of rotatable bonds is 2. The molecule has 0 unspecified atom stereocenters. The zero-order chi connectivity index (χ0) is 15.1. The van der Waals surface area contributed by atoms with Crippen molar-refractivity contribution in [3.63, 3.8) is 0 Å². The normalized spacial score (nSPS) is 32.1. The molecule has 1 saturated carbocycles. The Morgan fingerprint density at radius 2 is 1.45 bits per heavy atom. The highest BCUT2D eigenvalue weighted by Gasteiger charge is 2.50. The van der Waals surface area contributed by atoms with E-state index in [9.17, 15) is 9.59 Å². The molecule has 22 heavy (non-hydrogen) atoms. The van der Waals surface area contributed by atoms with Crippen LogP contribution in [0.4, 0.5) is 4.79 Å². The van der Waals surface area contributed by atoms with Gasteiger partial charge < -0.3 is 9.80 Å². The summed E-state index contributed by atoms with van der Waals surface area (Å²) in [6.07, 6.45) is 10.6. The topological polar surface area (TPSA) is 43.9 Å². The highest BCUT2D eigenvalue weighted by atomic mass is 16.2. The van der Waals surface area contributed by atoms with E-state index in [1.807, 2.05) is 0 Å². The van der Waals surface area contributed by atoms with Crippen molar-refractivity contribution in [1.29, 1.82) is 0 Å². The van der Waals surface area contributed by atoms with E-state index in [1.54, 1.807) is 9.80 Å². The quantitative estimate of drug-likeness (QED) is 0.735. The van der Waals surface area contributed by atoms with E-state index >= 15 is 0 Å². The van der Waals surface area contributed by atoms with Crippen LogP contribution in [0, 0.1) is 0 Å². The fourth-order valence-electron chi connectivity index (χ4n) is 4.94. The molecule has 1 aliphatic carbocycles. The first kappa shape index (κ1) is 14.5. The van der Waals surface area contributed by atoms with Crippen LogP contribution >= 0.6 is 0 Å². The average molecular weight is 305 g/mol. The molecular weight excluding hydrogens is 278 g/mol. The summed E-state index contributed by atoms with van der Waals surface area (Å²) in [5.74, 6) is 0.0821. The molecule has 3 aliphatic heterocycles. The Hall–Kier alpha value is -1.10. The average Bonchev–Trinajstić information content (AvgIpc) is 3.13. The van der Waals surface area contributed by atoms with Crippen molar-refractivity contribution in [1.82, 2.24) is 14.7 Å². The molecule has 0 N–H and O–H groups in total. The monoisotopic (exact) mass is 305 g/mol. The second kappa shape index (κ2) is 5.84. The zero-order valence-electron chi connectivity index (χ0n) is 13.4. The van der Waals surface area contributed by atoms with E-state index in [1.165, 1.54) is 32.1 Å². The third-order valence-corrected chi connectivity index (χ3v) is 6.18. The Labute approximate surface area is 132 Å². The molecule has 5 nitrogen and oxygen atoms in total. The van der Waals surface area contributed by atoms with Crippen molar-refractivity contribution < 1.29 is 9.59 Å². The number of urea groups is 1. The Balaban J connectivity index is 1.37. The van der Waals surface area contributed by atoms with Gasteiger partial charge in [0.25, 0.3) is 5.91 Å². The van der Waals surface area contributed by atoms with Crippen LogP contribution in [0.15, 0.2) is 0 Å². The molecule has 3 heterocycles. The summed E-state index contributed by atoms with van der Waals surface area (Å²) in [5.41, 5.74) is 0. The van der Waals surface area contributed by atoms with Gasteiger partial charge in [-0.05, 0) is 38.5 Å². The summed E-state index contributed by atoms with van der Waals surface area (Å²) < 4.78 is 0. The molecule has 1 atom stereocenters. The maximum absolute atomic E-state index is 12.5. The number of amides is 3. The predicted octanol–water partition coefficient (Wildman–Crippen LogP) is 2.21. The lowest BCUT2D eigenvalue weighted by Crippen LogP contribution is -2.50. The molecule has 4 aliphatic rings. The minimum atomic E-state index is -0.135. The van der Waals surface area contributed by atoms with E-state index in [2.05, 4.69) is 4.90 Å². The molecule has 0 bridgehead atoms. The van der Waals surface area contributed by atoms with Crippen LogP contribution in [0.3, 0.4) is 0 Å². The predicted molar refractivity (Wildman–Crippen MR) is 83.4 cm³/mol. The maximum Gasteiger partial charge on any atom is 0.327 e. The number of imide groups is 1. The fraction of sp³-hybridized carbons (Fsp3) is 0.882.